The van der Waals surface area contributed by atoms with Crippen molar-refractivity contribution in [2.45, 2.75) is 18.2 Å². The first-order valence-corrected chi connectivity index (χ1v) is 4.83. The number of pyridine rings is 1. The largest absolute Gasteiger partial charge is 0.253 e. The summed E-state index contributed by atoms with van der Waals surface area (Å²) in [5.74, 6) is 0. The van der Waals surface area contributed by atoms with Crippen LogP contribution in [0.3, 0.4) is 0 Å². The van der Waals surface area contributed by atoms with E-state index >= 15 is 0 Å². The van der Waals surface area contributed by atoms with Crippen LogP contribution < -0.4 is 0 Å². The van der Waals surface area contributed by atoms with Crippen molar-refractivity contribution in [1.29, 1.82) is 0 Å². The third-order valence-electron chi connectivity index (χ3n) is 2.10. The molecule has 2 heteroatoms. The van der Waals surface area contributed by atoms with E-state index < -0.39 is 0 Å². The lowest BCUT2D eigenvalue weighted by molar-refractivity contribution is 1.06. The van der Waals surface area contributed by atoms with E-state index in [4.69, 9.17) is 0 Å². The lowest BCUT2D eigenvalue weighted by atomic mass is 10.2. The van der Waals surface area contributed by atoms with Crippen molar-refractivity contribution < 1.29 is 0 Å². The molecule has 1 aromatic heterocycles. The standard InChI is InChI=1S/C11H11NS/c1-2-9-5-3-8-4-6-10(13)7-11(8)12-9/h3-7,13H,2H2,1H3. The van der Waals surface area contributed by atoms with E-state index in [1.807, 2.05) is 18.2 Å². The van der Waals surface area contributed by atoms with Gasteiger partial charge in [-0.2, -0.15) is 0 Å². The first-order valence-electron chi connectivity index (χ1n) is 4.38. The Bertz CT molecular complexity index is 437. The molecule has 2 aromatic rings. The summed E-state index contributed by atoms with van der Waals surface area (Å²) >= 11 is 4.28. The molecule has 0 radical (unpaired) electrons. The molecule has 1 nitrogen and oxygen atoms in total. The molecule has 66 valence electrons. The zero-order valence-electron chi connectivity index (χ0n) is 7.49. The van der Waals surface area contributed by atoms with E-state index in [2.05, 4.69) is 36.7 Å². The quantitative estimate of drug-likeness (QED) is 0.680. The van der Waals surface area contributed by atoms with Crippen LogP contribution >= 0.6 is 12.6 Å². The van der Waals surface area contributed by atoms with Gasteiger partial charge in [-0.25, -0.2) is 0 Å². The molecule has 0 bridgehead atoms. The average molecular weight is 189 g/mol. The predicted molar refractivity (Wildman–Crippen MR) is 58.4 cm³/mol. The molecule has 13 heavy (non-hydrogen) atoms. The van der Waals surface area contributed by atoms with Crippen LogP contribution in [-0.4, -0.2) is 4.98 Å². The Morgan fingerprint density at radius 1 is 1.23 bits per heavy atom. The number of nitrogens with zero attached hydrogens (tertiary/aromatic N) is 1. The zero-order valence-corrected chi connectivity index (χ0v) is 8.38. The van der Waals surface area contributed by atoms with E-state index in [0.717, 1.165) is 22.5 Å². The van der Waals surface area contributed by atoms with Crippen molar-refractivity contribution >= 4 is 23.5 Å². The fraction of sp³-hybridized carbons (Fsp3) is 0.182. The summed E-state index contributed by atoms with van der Waals surface area (Å²) < 4.78 is 0. The second kappa shape index (κ2) is 3.38. The van der Waals surface area contributed by atoms with Crippen LogP contribution in [0.15, 0.2) is 35.2 Å². The number of aromatic nitrogens is 1. The van der Waals surface area contributed by atoms with Gasteiger partial charge in [0.25, 0.3) is 0 Å². The molecule has 1 aromatic carbocycles. The van der Waals surface area contributed by atoms with Crippen LogP contribution in [0.1, 0.15) is 12.6 Å². The highest BCUT2D eigenvalue weighted by molar-refractivity contribution is 7.80. The van der Waals surface area contributed by atoms with Crippen molar-refractivity contribution in [2.75, 3.05) is 0 Å². The molecule has 0 fully saturated rings. The molecule has 0 unspecified atom stereocenters. The highest BCUT2D eigenvalue weighted by atomic mass is 32.1. The average Bonchev–Trinajstić information content (AvgIpc) is 2.16. The number of benzene rings is 1. The predicted octanol–water partition coefficient (Wildman–Crippen LogP) is 3.09. The number of thiol groups is 1. The topological polar surface area (TPSA) is 12.9 Å². The second-order valence-corrected chi connectivity index (χ2v) is 3.55. The maximum Gasteiger partial charge on any atom is 0.0716 e. The van der Waals surface area contributed by atoms with E-state index in [-0.39, 0.29) is 0 Å². The van der Waals surface area contributed by atoms with Crippen molar-refractivity contribution in [2.24, 2.45) is 0 Å². The number of rotatable bonds is 1. The molecule has 1 heterocycles. The van der Waals surface area contributed by atoms with Crippen LogP contribution in [0.4, 0.5) is 0 Å². The monoisotopic (exact) mass is 189 g/mol. The van der Waals surface area contributed by atoms with Gasteiger partial charge in [-0.15, -0.1) is 12.6 Å². The summed E-state index contributed by atoms with van der Waals surface area (Å²) in [6, 6.07) is 10.2. The summed E-state index contributed by atoms with van der Waals surface area (Å²) in [4.78, 5) is 5.47. The minimum absolute atomic E-state index is 0.966. The van der Waals surface area contributed by atoms with Gasteiger partial charge >= 0.3 is 0 Å². The summed E-state index contributed by atoms with van der Waals surface area (Å²) in [6.45, 7) is 2.11. The van der Waals surface area contributed by atoms with Gasteiger partial charge in [-0.05, 0) is 24.6 Å². The van der Waals surface area contributed by atoms with Crippen molar-refractivity contribution in [1.82, 2.24) is 4.98 Å². The Morgan fingerprint density at radius 2 is 2.00 bits per heavy atom. The summed E-state index contributed by atoms with van der Waals surface area (Å²) in [7, 11) is 0. The van der Waals surface area contributed by atoms with Crippen LogP contribution in [0.2, 0.25) is 0 Å². The Kier molecular flexibility index (Phi) is 2.23. The van der Waals surface area contributed by atoms with Gasteiger partial charge in [-0.3, -0.25) is 4.98 Å². The van der Waals surface area contributed by atoms with E-state index in [1.165, 1.54) is 5.39 Å². The van der Waals surface area contributed by atoms with Gasteiger partial charge < -0.3 is 0 Å². The Labute approximate surface area is 83.2 Å². The Morgan fingerprint density at radius 3 is 2.77 bits per heavy atom. The molecule has 0 aliphatic carbocycles. The van der Waals surface area contributed by atoms with Crippen molar-refractivity contribution in [3.8, 4) is 0 Å². The minimum atomic E-state index is 0.966. The zero-order chi connectivity index (χ0) is 9.26. The van der Waals surface area contributed by atoms with E-state index in [1.54, 1.807) is 0 Å². The SMILES string of the molecule is CCc1ccc2ccc(S)cc2n1. The molecule has 0 spiro atoms. The minimum Gasteiger partial charge on any atom is -0.253 e. The molecular weight excluding hydrogens is 178 g/mol. The van der Waals surface area contributed by atoms with Gasteiger partial charge in [0.2, 0.25) is 0 Å². The highest BCUT2D eigenvalue weighted by Crippen LogP contribution is 2.16. The fourth-order valence-electron chi connectivity index (χ4n) is 1.34. The maximum absolute atomic E-state index is 4.51. The maximum atomic E-state index is 4.51. The molecule has 0 atom stereocenters. The normalized spacial score (nSPS) is 10.6. The van der Waals surface area contributed by atoms with Crippen LogP contribution in [0.25, 0.3) is 10.9 Å². The third kappa shape index (κ3) is 1.68. The van der Waals surface area contributed by atoms with Crippen molar-refractivity contribution in [3.63, 3.8) is 0 Å². The molecule has 0 aliphatic rings. The lowest BCUT2D eigenvalue weighted by Gasteiger charge is -2.00. The van der Waals surface area contributed by atoms with E-state index in [9.17, 15) is 0 Å². The van der Waals surface area contributed by atoms with E-state index in [0.29, 0.717) is 0 Å². The molecule has 0 N–H and O–H groups in total. The third-order valence-corrected chi connectivity index (χ3v) is 2.37. The fourth-order valence-corrected chi connectivity index (χ4v) is 1.54. The summed E-state index contributed by atoms with van der Waals surface area (Å²) in [5, 5.41) is 1.18. The summed E-state index contributed by atoms with van der Waals surface area (Å²) in [6.07, 6.45) is 0.979. The molecule has 0 aliphatic heterocycles. The molecule has 0 saturated carbocycles. The molecule has 0 saturated heterocycles. The second-order valence-electron chi connectivity index (χ2n) is 3.03. The number of aryl methyl sites for hydroxylation is 1. The van der Waals surface area contributed by atoms with Crippen LogP contribution in [0, 0.1) is 0 Å². The van der Waals surface area contributed by atoms with Gasteiger partial charge in [-0.1, -0.05) is 19.1 Å². The van der Waals surface area contributed by atoms with Gasteiger partial charge in [0.15, 0.2) is 0 Å². The highest BCUT2D eigenvalue weighted by Gasteiger charge is 1.96. The first kappa shape index (κ1) is 8.57. The first-order chi connectivity index (χ1) is 6.29. The molecule has 2 rings (SSSR count). The Hall–Kier alpha value is -1.02. The Balaban J connectivity index is 2.68. The number of hydrogen-bond donors (Lipinski definition) is 1. The summed E-state index contributed by atoms with van der Waals surface area (Å²) in [5.41, 5.74) is 2.17. The molecular formula is C11H11NS. The smallest absolute Gasteiger partial charge is 0.0716 e. The lowest BCUT2D eigenvalue weighted by Crippen LogP contribution is -1.86. The van der Waals surface area contributed by atoms with Gasteiger partial charge in [0.1, 0.15) is 0 Å². The van der Waals surface area contributed by atoms with Crippen LogP contribution in [0.5, 0.6) is 0 Å². The van der Waals surface area contributed by atoms with Crippen molar-refractivity contribution in [3.05, 3.63) is 36.0 Å². The molecule has 0 amide bonds. The van der Waals surface area contributed by atoms with Crippen LogP contribution in [-0.2, 0) is 6.42 Å². The number of hydrogen-bond acceptors (Lipinski definition) is 2. The number of fused-ring (bicyclic) bond motifs is 1. The van der Waals surface area contributed by atoms with Gasteiger partial charge in [0, 0.05) is 16.0 Å². The van der Waals surface area contributed by atoms with Gasteiger partial charge in [0.05, 0.1) is 5.52 Å².